The number of hydrogen-bond donors (Lipinski definition) is 3. The van der Waals surface area contributed by atoms with Crippen molar-refractivity contribution >= 4 is 53.5 Å². The monoisotopic (exact) mass is 378 g/mol. The van der Waals surface area contributed by atoms with E-state index < -0.39 is 6.04 Å². The highest BCUT2D eigenvalue weighted by Crippen LogP contribution is 2.20. The second kappa shape index (κ2) is 10.8. The Kier molecular flexibility index (Phi) is 10.3. The van der Waals surface area contributed by atoms with Crippen LogP contribution in [0.1, 0.15) is 31.6 Å². The molecule has 130 valence electrons. The first-order valence-electron chi connectivity index (χ1n) is 7.15. The summed E-state index contributed by atoms with van der Waals surface area (Å²) < 4.78 is 0. The number of fused-ring (bicyclic) bond motifs is 1. The van der Waals surface area contributed by atoms with Gasteiger partial charge in [-0.1, -0.05) is 19.1 Å². The van der Waals surface area contributed by atoms with Crippen molar-refractivity contribution in [2.75, 3.05) is 12.0 Å². The van der Waals surface area contributed by atoms with Crippen LogP contribution in [0.4, 0.5) is 0 Å². The third-order valence-corrected chi connectivity index (χ3v) is 4.09. The van der Waals surface area contributed by atoms with Gasteiger partial charge < -0.3 is 16.0 Å². The maximum absolute atomic E-state index is 12.1. The normalized spacial score (nSPS) is 12.8. The third kappa shape index (κ3) is 5.88. The van der Waals surface area contributed by atoms with Crippen LogP contribution in [-0.2, 0) is 4.79 Å². The fourth-order valence-electron chi connectivity index (χ4n) is 2.11. The Morgan fingerprint density at radius 2 is 2.09 bits per heavy atom. The van der Waals surface area contributed by atoms with Crippen molar-refractivity contribution in [1.29, 1.82) is 0 Å². The Hall–Kier alpha value is -0.950. The van der Waals surface area contributed by atoms with E-state index in [2.05, 4.69) is 21.5 Å². The second-order valence-electron chi connectivity index (χ2n) is 5.00. The number of carbonyl (C=O) groups excluding carboxylic acids is 1. The fraction of sp³-hybridized carbons (Fsp3) is 0.467. The molecule has 1 amide bonds. The molecular formula is C15H24Cl2N4OS. The first-order valence-corrected chi connectivity index (χ1v) is 8.54. The highest BCUT2D eigenvalue weighted by atomic mass is 35.5. The molecule has 0 saturated carbocycles. The van der Waals surface area contributed by atoms with E-state index in [0.717, 1.165) is 29.0 Å². The molecule has 2 atom stereocenters. The number of H-pyrrole nitrogens is 1. The number of para-hydroxylation sites is 2. The molecule has 0 aliphatic heterocycles. The van der Waals surface area contributed by atoms with Gasteiger partial charge in [-0.05, 0) is 37.0 Å². The molecule has 1 heterocycles. The van der Waals surface area contributed by atoms with Crippen LogP contribution in [0, 0.1) is 0 Å². The number of hydrogen-bond acceptors (Lipinski definition) is 4. The summed E-state index contributed by atoms with van der Waals surface area (Å²) in [6.45, 7) is 1.91. The van der Waals surface area contributed by atoms with Gasteiger partial charge in [0.2, 0.25) is 5.91 Å². The van der Waals surface area contributed by atoms with Crippen LogP contribution in [-0.4, -0.2) is 33.9 Å². The molecule has 2 rings (SSSR count). The van der Waals surface area contributed by atoms with Gasteiger partial charge in [-0.15, -0.1) is 24.8 Å². The number of amides is 1. The molecular weight excluding hydrogens is 355 g/mol. The predicted octanol–water partition coefficient (Wildman–Crippen LogP) is 3.05. The second-order valence-corrected chi connectivity index (χ2v) is 5.98. The minimum atomic E-state index is -0.467. The molecule has 0 fully saturated rings. The molecule has 0 saturated heterocycles. The Labute approximate surface area is 153 Å². The Morgan fingerprint density at radius 3 is 2.70 bits per heavy atom. The van der Waals surface area contributed by atoms with Crippen molar-refractivity contribution in [2.24, 2.45) is 5.73 Å². The highest BCUT2D eigenvalue weighted by molar-refractivity contribution is 7.98. The molecule has 0 aliphatic rings. The summed E-state index contributed by atoms with van der Waals surface area (Å²) in [5.74, 6) is 1.62. The third-order valence-electron chi connectivity index (χ3n) is 3.44. The summed E-state index contributed by atoms with van der Waals surface area (Å²) in [5.41, 5.74) is 7.69. The van der Waals surface area contributed by atoms with E-state index in [-0.39, 0.29) is 36.8 Å². The summed E-state index contributed by atoms with van der Waals surface area (Å²) in [7, 11) is 0. The molecule has 0 bridgehead atoms. The molecule has 1 unspecified atom stereocenters. The van der Waals surface area contributed by atoms with Crippen LogP contribution in [0.5, 0.6) is 0 Å². The van der Waals surface area contributed by atoms with Crippen LogP contribution in [0.15, 0.2) is 24.3 Å². The van der Waals surface area contributed by atoms with Crippen molar-refractivity contribution in [3.63, 3.8) is 0 Å². The van der Waals surface area contributed by atoms with E-state index in [1.165, 1.54) is 0 Å². The first-order chi connectivity index (χ1) is 10.2. The number of aromatic nitrogens is 2. The van der Waals surface area contributed by atoms with Crippen molar-refractivity contribution in [2.45, 2.75) is 31.8 Å². The number of halogens is 2. The van der Waals surface area contributed by atoms with Gasteiger partial charge in [-0.3, -0.25) is 4.79 Å². The quantitative estimate of drug-likeness (QED) is 0.690. The molecule has 1 aromatic heterocycles. The smallest absolute Gasteiger partial charge is 0.237 e. The van der Waals surface area contributed by atoms with Crippen molar-refractivity contribution < 1.29 is 4.79 Å². The lowest BCUT2D eigenvalue weighted by Crippen LogP contribution is -2.42. The molecule has 2 aromatic rings. The number of imidazole rings is 1. The number of rotatable bonds is 7. The van der Waals surface area contributed by atoms with E-state index in [9.17, 15) is 4.79 Å². The molecule has 8 heteroatoms. The largest absolute Gasteiger partial charge is 0.345 e. The molecule has 0 aliphatic carbocycles. The number of benzene rings is 1. The van der Waals surface area contributed by atoms with E-state index in [4.69, 9.17) is 5.73 Å². The van der Waals surface area contributed by atoms with Crippen LogP contribution in [0.2, 0.25) is 0 Å². The van der Waals surface area contributed by atoms with Crippen molar-refractivity contribution in [3.05, 3.63) is 30.1 Å². The highest BCUT2D eigenvalue weighted by Gasteiger charge is 2.20. The first kappa shape index (κ1) is 22.1. The van der Waals surface area contributed by atoms with Gasteiger partial charge in [0.1, 0.15) is 5.82 Å². The number of carbonyl (C=O) groups is 1. The van der Waals surface area contributed by atoms with E-state index >= 15 is 0 Å². The summed E-state index contributed by atoms with van der Waals surface area (Å²) in [5, 5.41) is 3.01. The lowest BCUT2D eigenvalue weighted by atomic mass is 10.1. The van der Waals surface area contributed by atoms with Crippen LogP contribution >= 0.6 is 36.6 Å². The SMILES string of the molecule is CC[C@H](N)C(=O)NC(CCSC)c1nc2ccccc2[nH]1.Cl.Cl. The van der Waals surface area contributed by atoms with Gasteiger partial charge in [-0.2, -0.15) is 11.8 Å². The summed E-state index contributed by atoms with van der Waals surface area (Å²) in [6, 6.07) is 7.26. The van der Waals surface area contributed by atoms with Crippen molar-refractivity contribution in [1.82, 2.24) is 15.3 Å². The predicted molar refractivity (Wildman–Crippen MR) is 103 cm³/mol. The number of nitrogens with two attached hydrogens (primary N) is 1. The zero-order valence-electron chi connectivity index (χ0n) is 13.2. The van der Waals surface area contributed by atoms with Crippen LogP contribution in [0.25, 0.3) is 11.0 Å². The maximum Gasteiger partial charge on any atom is 0.237 e. The van der Waals surface area contributed by atoms with E-state index in [1.54, 1.807) is 11.8 Å². The average molecular weight is 379 g/mol. The Morgan fingerprint density at radius 1 is 1.39 bits per heavy atom. The molecule has 4 N–H and O–H groups in total. The zero-order chi connectivity index (χ0) is 15.2. The lowest BCUT2D eigenvalue weighted by Gasteiger charge is -2.18. The summed E-state index contributed by atoms with van der Waals surface area (Å²) >= 11 is 1.75. The van der Waals surface area contributed by atoms with Gasteiger partial charge >= 0.3 is 0 Å². The Balaban J connectivity index is 0.00000242. The molecule has 23 heavy (non-hydrogen) atoms. The van der Waals surface area contributed by atoms with Gasteiger partial charge in [-0.25, -0.2) is 4.98 Å². The summed E-state index contributed by atoms with van der Waals surface area (Å²) in [6.07, 6.45) is 3.50. The Bertz CT molecular complexity index is 575. The number of aromatic amines is 1. The van der Waals surface area contributed by atoms with Gasteiger partial charge in [0.15, 0.2) is 0 Å². The molecule has 0 radical (unpaired) electrons. The maximum atomic E-state index is 12.1. The van der Waals surface area contributed by atoms with Crippen molar-refractivity contribution in [3.8, 4) is 0 Å². The minimum absolute atomic E-state index is 0. The van der Waals surface area contributed by atoms with E-state index in [1.807, 2.05) is 31.2 Å². The summed E-state index contributed by atoms with van der Waals surface area (Å²) in [4.78, 5) is 19.9. The number of nitrogens with zero attached hydrogens (tertiary/aromatic N) is 1. The van der Waals surface area contributed by atoms with Gasteiger partial charge in [0.25, 0.3) is 0 Å². The molecule has 0 spiro atoms. The topological polar surface area (TPSA) is 83.8 Å². The van der Waals surface area contributed by atoms with Crippen LogP contribution in [0.3, 0.4) is 0 Å². The zero-order valence-corrected chi connectivity index (χ0v) is 15.7. The minimum Gasteiger partial charge on any atom is -0.345 e. The standard InChI is InChI=1S/C15H22N4OS.2ClH/c1-3-10(16)15(20)19-13(8-9-21-2)14-17-11-6-4-5-7-12(11)18-14;;/h4-7,10,13H,3,8-9,16H2,1-2H3,(H,17,18)(H,19,20);2*1H/t10-,13?;;/m0../s1. The van der Waals surface area contributed by atoms with E-state index in [0.29, 0.717) is 6.42 Å². The molecule has 1 aromatic carbocycles. The fourth-order valence-corrected chi connectivity index (χ4v) is 2.59. The molecule has 5 nitrogen and oxygen atoms in total. The average Bonchev–Trinajstić information content (AvgIpc) is 2.94. The lowest BCUT2D eigenvalue weighted by molar-refractivity contribution is -0.123. The van der Waals surface area contributed by atoms with Crippen LogP contribution < -0.4 is 11.1 Å². The number of nitrogens with one attached hydrogen (secondary N) is 2. The number of thioether (sulfide) groups is 1. The van der Waals surface area contributed by atoms with Gasteiger partial charge in [0, 0.05) is 0 Å². The van der Waals surface area contributed by atoms with Gasteiger partial charge in [0.05, 0.1) is 23.1 Å².